The molecule has 0 saturated heterocycles. The van der Waals surface area contributed by atoms with Gasteiger partial charge in [-0.1, -0.05) is 18.2 Å². The summed E-state index contributed by atoms with van der Waals surface area (Å²) in [4.78, 5) is 4.47. The second-order valence-electron chi connectivity index (χ2n) is 3.70. The average Bonchev–Trinajstić information content (AvgIpc) is 2.68. The summed E-state index contributed by atoms with van der Waals surface area (Å²) in [5.74, 6) is 0.853. The van der Waals surface area contributed by atoms with Crippen LogP contribution < -0.4 is 5.32 Å². The van der Waals surface area contributed by atoms with E-state index in [0.717, 1.165) is 17.3 Å². The van der Waals surface area contributed by atoms with Gasteiger partial charge in [-0.05, 0) is 41.6 Å². The third kappa shape index (κ3) is 2.69. The molecular formula is C13H14IN3. The van der Waals surface area contributed by atoms with Crippen LogP contribution in [0.4, 0.5) is 5.95 Å². The molecule has 3 nitrogen and oxygen atoms in total. The minimum Gasteiger partial charge on any atom is -0.352 e. The highest BCUT2D eigenvalue weighted by molar-refractivity contribution is 14.1. The number of hydrogen-bond acceptors (Lipinski definition) is 2. The SMILES string of the molecule is C=CCNc1nc(C)cn1-c1ccccc1I. The second-order valence-corrected chi connectivity index (χ2v) is 4.86. The number of anilines is 1. The van der Waals surface area contributed by atoms with Gasteiger partial charge in [-0.25, -0.2) is 4.98 Å². The molecule has 0 radical (unpaired) electrons. The molecule has 0 amide bonds. The molecule has 1 N–H and O–H groups in total. The molecule has 4 heteroatoms. The summed E-state index contributed by atoms with van der Waals surface area (Å²) in [7, 11) is 0. The van der Waals surface area contributed by atoms with Gasteiger partial charge in [-0.3, -0.25) is 4.57 Å². The molecule has 17 heavy (non-hydrogen) atoms. The molecule has 0 spiro atoms. The van der Waals surface area contributed by atoms with Crippen molar-refractivity contribution in [2.45, 2.75) is 6.92 Å². The average molecular weight is 339 g/mol. The van der Waals surface area contributed by atoms with Gasteiger partial charge in [-0.15, -0.1) is 6.58 Å². The highest BCUT2D eigenvalue weighted by Crippen LogP contribution is 2.21. The zero-order chi connectivity index (χ0) is 12.3. The van der Waals surface area contributed by atoms with Crippen molar-refractivity contribution in [2.75, 3.05) is 11.9 Å². The first-order valence-corrected chi connectivity index (χ1v) is 6.46. The predicted molar refractivity (Wildman–Crippen MR) is 79.7 cm³/mol. The summed E-state index contributed by atoms with van der Waals surface area (Å²) >= 11 is 2.33. The Morgan fingerprint density at radius 1 is 1.47 bits per heavy atom. The van der Waals surface area contributed by atoms with E-state index in [-0.39, 0.29) is 0 Å². The monoisotopic (exact) mass is 339 g/mol. The van der Waals surface area contributed by atoms with Gasteiger partial charge in [0.2, 0.25) is 5.95 Å². The first-order chi connectivity index (χ1) is 8.22. The van der Waals surface area contributed by atoms with Crippen molar-refractivity contribution in [3.05, 3.63) is 52.4 Å². The van der Waals surface area contributed by atoms with Crippen LogP contribution in [0.5, 0.6) is 0 Å². The van der Waals surface area contributed by atoms with Crippen LogP contribution in [0, 0.1) is 10.5 Å². The van der Waals surface area contributed by atoms with Crippen molar-refractivity contribution >= 4 is 28.5 Å². The Bertz CT molecular complexity index is 531. The lowest BCUT2D eigenvalue weighted by Gasteiger charge is -2.09. The van der Waals surface area contributed by atoms with Crippen molar-refractivity contribution < 1.29 is 0 Å². The van der Waals surface area contributed by atoms with Crippen LogP contribution in [-0.4, -0.2) is 16.1 Å². The van der Waals surface area contributed by atoms with Gasteiger partial charge in [-0.2, -0.15) is 0 Å². The number of nitrogens with one attached hydrogen (secondary N) is 1. The third-order valence-corrected chi connectivity index (χ3v) is 3.26. The van der Waals surface area contributed by atoms with Gasteiger partial charge in [0, 0.05) is 16.3 Å². The van der Waals surface area contributed by atoms with E-state index in [1.807, 2.05) is 31.3 Å². The lowest BCUT2D eigenvalue weighted by molar-refractivity contribution is 1.03. The number of para-hydroxylation sites is 1. The Balaban J connectivity index is 2.44. The molecule has 1 heterocycles. The molecule has 0 atom stereocenters. The Kier molecular flexibility index (Phi) is 3.83. The van der Waals surface area contributed by atoms with Crippen LogP contribution in [0.2, 0.25) is 0 Å². The molecule has 0 aliphatic heterocycles. The van der Waals surface area contributed by atoms with E-state index in [9.17, 15) is 0 Å². The molecule has 1 aromatic heterocycles. The number of aryl methyl sites for hydroxylation is 1. The largest absolute Gasteiger partial charge is 0.352 e. The molecular weight excluding hydrogens is 325 g/mol. The van der Waals surface area contributed by atoms with E-state index in [2.05, 4.69) is 56.2 Å². The summed E-state index contributed by atoms with van der Waals surface area (Å²) in [6.45, 7) is 6.40. The van der Waals surface area contributed by atoms with Gasteiger partial charge in [0.15, 0.2) is 0 Å². The van der Waals surface area contributed by atoms with Crippen LogP contribution >= 0.6 is 22.6 Å². The van der Waals surface area contributed by atoms with E-state index in [0.29, 0.717) is 6.54 Å². The molecule has 1 aromatic carbocycles. The number of imidazole rings is 1. The molecule has 2 aromatic rings. The molecule has 0 bridgehead atoms. The smallest absolute Gasteiger partial charge is 0.208 e. The number of halogens is 1. The highest BCUT2D eigenvalue weighted by atomic mass is 127. The maximum atomic E-state index is 4.47. The Labute approximate surface area is 115 Å². The maximum absolute atomic E-state index is 4.47. The Morgan fingerprint density at radius 3 is 2.94 bits per heavy atom. The zero-order valence-electron chi connectivity index (χ0n) is 9.65. The summed E-state index contributed by atoms with van der Waals surface area (Å²) in [6, 6.07) is 8.24. The Hall–Kier alpha value is -1.30. The van der Waals surface area contributed by atoms with Crippen LogP contribution in [0.3, 0.4) is 0 Å². The Morgan fingerprint density at radius 2 is 2.24 bits per heavy atom. The minimum absolute atomic E-state index is 0.708. The quantitative estimate of drug-likeness (QED) is 0.684. The first-order valence-electron chi connectivity index (χ1n) is 5.38. The lowest BCUT2D eigenvalue weighted by atomic mass is 10.3. The van der Waals surface area contributed by atoms with Crippen molar-refractivity contribution in [3.8, 4) is 5.69 Å². The number of nitrogens with zero attached hydrogens (tertiary/aromatic N) is 2. The fraction of sp³-hybridized carbons (Fsp3) is 0.154. The molecule has 0 unspecified atom stereocenters. The van der Waals surface area contributed by atoms with Gasteiger partial charge in [0.1, 0.15) is 0 Å². The maximum Gasteiger partial charge on any atom is 0.208 e. The topological polar surface area (TPSA) is 29.9 Å². The minimum atomic E-state index is 0.708. The third-order valence-electron chi connectivity index (χ3n) is 2.34. The van der Waals surface area contributed by atoms with Crippen molar-refractivity contribution in [1.29, 1.82) is 0 Å². The van der Waals surface area contributed by atoms with E-state index in [4.69, 9.17) is 0 Å². The molecule has 0 saturated carbocycles. The van der Waals surface area contributed by atoms with Crippen molar-refractivity contribution in [2.24, 2.45) is 0 Å². The molecule has 0 fully saturated rings. The number of rotatable bonds is 4. The number of aromatic nitrogens is 2. The number of benzene rings is 1. The van der Waals surface area contributed by atoms with E-state index in [1.165, 1.54) is 3.57 Å². The van der Waals surface area contributed by atoms with E-state index >= 15 is 0 Å². The standard InChI is InChI=1S/C13H14IN3/c1-3-8-15-13-16-10(2)9-17(13)12-7-5-4-6-11(12)14/h3-7,9H,1,8H2,2H3,(H,15,16). The fourth-order valence-corrected chi connectivity index (χ4v) is 2.26. The summed E-state index contributed by atoms with van der Waals surface area (Å²) in [5, 5.41) is 3.24. The van der Waals surface area contributed by atoms with Crippen molar-refractivity contribution in [3.63, 3.8) is 0 Å². The second kappa shape index (κ2) is 5.35. The zero-order valence-corrected chi connectivity index (χ0v) is 11.8. The number of hydrogen-bond donors (Lipinski definition) is 1. The van der Waals surface area contributed by atoms with Gasteiger partial charge in [0.05, 0.1) is 11.4 Å². The van der Waals surface area contributed by atoms with Gasteiger partial charge in [0.25, 0.3) is 0 Å². The van der Waals surface area contributed by atoms with Crippen LogP contribution in [-0.2, 0) is 0 Å². The van der Waals surface area contributed by atoms with E-state index < -0.39 is 0 Å². The lowest BCUT2D eigenvalue weighted by Crippen LogP contribution is -2.06. The van der Waals surface area contributed by atoms with Gasteiger partial charge >= 0.3 is 0 Å². The normalized spacial score (nSPS) is 10.2. The van der Waals surface area contributed by atoms with Crippen LogP contribution in [0.1, 0.15) is 5.69 Å². The molecule has 0 aliphatic carbocycles. The van der Waals surface area contributed by atoms with E-state index in [1.54, 1.807) is 0 Å². The molecule has 88 valence electrons. The summed E-state index contributed by atoms with van der Waals surface area (Å²) < 4.78 is 3.27. The first kappa shape index (κ1) is 12.2. The molecule has 0 aliphatic rings. The fourth-order valence-electron chi connectivity index (χ4n) is 1.62. The van der Waals surface area contributed by atoms with Crippen LogP contribution in [0.25, 0.3) is 5.69 Å². The summed E-state index contributed by atoms with van der Waals surface area (Å²) in [5.41, 5.74) is 2.14. The van der Waals surface area contributed by atoms with Crippen LogP contribution in [0.15, 0.2) is 43.1 Å². The molecule has 2 rings (SSSR count). The predicted octanol–water partition coefficient (Wildman–Crippen LogP) is 3.38. The van der Waals surface area contributed by atoms with Gasteiger partial charge < -0.3 is 5.32 Å². The summed E-state index contributed by atoms with van der Waals surface area (Å²) in [6.07, 6.45) is 3.85. The van der Waals surface area contributed by atoms with Crippen molar-refractivity contribution in [1.82, 2.24) is 9.55 Å². The highest BCUT2D eigenvalue weighted by Gasteiger charge is 2.08.